The molecule has 2 aromatic rings. The van der Waals surface area contributed by atoms with Crippen LogP contribution in [-0.4, -0.2) is 33.3 Å². The zero-order valence-electron chi connectivity index (χ0n) is 15.1. The van der Waals surface area contributed by atoms with Gasteiger partial charge in [0.2, 0.25) is 5.91 Å². The number of hydrogen-bond acceptors (Lipinski definition) is 4. The van der Waals surface area contributed by atoms with Crippen LogP contribution in [0.15, 0.2) is 48.5 Å². The zero-order valence-corrected chi connectivity index (χ0v) is 15.1. The van der Waals surface area contributed by atoms with E-state index < -0.39 is 6.61 Å². The zero-order chi connectivity index (χ0) is 19.6. The second-order valence-electron chi connectivity index (χ2n) is 5.48. The Labute approximate surface area is 156 Å². The summed E-state index contributed by atoms with van der Waals surface area (Å²) in [5, 5.41) is 2.74. The van der Waals surface area contributed by atoms with Gasteiger partial charge in [0.05, 0.1) is 14.2 Å². The van der Waals surface area contributed by atoms with E-state index >= 15 is 0 Å². The molecule has 0 aromatic heterocycles. The van der Waals surface area contributed by atoms with E-state index in [1.807, 2.05) is 24.3 Å². The van der Waals surface area contributed by atoms with E-state index in [1.165, 1.54) is 25.3 Å². The molecule has 2 aromatic carbocycles. The summed E-state index contributed by atoms with van der Waals surface area (Å²) in [6, 6.07) is 12.2. The molecule has 0 fully saturated rings. The van der Waals surface area contributed by atoms with Gasteiger partial charge >= 0.3 is 6.61 Å². The fraction of sp³-hybridized carbons (Fsp3) is 0.250. The molecule has 1 amide bonds. The number of alkyl halides is 2. The van der Waals surface area contributed by atoms with Crippen molar-refractivity contribution in [1.82, 2.24) is 5.32 Å². The molecule has 144 valence electrons. The van der Waals surface area contributed by atoms with Gasteiger partial charge in [0.25, 0.3) is 0 Å². The molecule has 0 aliphatic rings. The third-order valence-corrected chi connectivity index (χ3v) is 3.72. The normalized spacial score (nSPS) is 10.9. The third kappa shape index (κ3) is 6.29. The molecule has 1 N–H and O–H groups in total. The van der Waals surface area contributed by atoms with Crippen LogP contribution in [-0.2, 0) is 11.2 Å². The summed E-state index contributed by atoms with van der Waals surface area (Å²) in [6.07, 6.45) is 3.33. The lowest BCUT2D eigenvalue weighted by atomic mass is 10.1. The van der Waals surface area contributed by atoms with Gasteiger partial charge in [-0.05, 0) is 36.3 Å². The number of ether oxygens (including phenoxy) is 3. The van der Waals surface area contributed by atoms with Crippen molar-refractivity contribution < 1.29 is 27.8 Å². The molecular formula is C20H21F2NO4. The largest absolute Gasteiger partial charge is 0.497 e. The lowest BCUT2D eigenvalue weighted by Crippen LogP contribution is -2.23. The second kappa shape index (κ2) is 10.2. The van der Waals surface area contributed by atoms with Crippen LogP contribution < -0.4 is 19.5 Å². The predicted molar refractivity (Wildman–Crippen MR) is 98.4 cm³/mol. The Morgan fingerprint density at radius 1 is 1.11 bits per heavy atom. The first-order chi connectivity index (χ1) is 13.0. The highest BCUT2D eigenvalue weighted by Gasteiger charge is 2.13. The van der Waals surface area contributed by atoms with Crippen molar-refractivity contribution in [2.75, 3.05) is 20.8 Å². The Bertz CT molecular complexity index is 776. The molecule has 0 saturated heterocycles. The third-order valence-electron chi connectivity index (χ3n) is 3.72. The monoisotopic (exact) mass is 377 g/mol. The summed E-state index contributed by atoms with van der Waals surface area (Å²) in [5.74, 6) is 0.481. The molecule has 0 bridgehead atoms. The van der Waals surface area contributed by atoms with E-state index in [9.17, 15) is 13.6 Å². The minimum Gasteiger partial charge on any atom is -0.497 e. The number of carbonyl (C=O) groups is 1. The molecule has 7 heteroatoms. The van der Waals surface area contributed by atoms with Gasteiger partial charge in [-0.2, -0.15) is 8.78 Å². The highest BCUT2D eigenvalue weighted by molar-refractivity contribution is 5.92. The first kappa shape index (κ1) is 20.2. The van der Waals surface area contributed by atoms with Crippen molar-refractivity contribution >= 4 is 12.0 Å². The number of halogens is 2. The Morgan fingerprint density at radius 2 is 1.85 bits per heavy atom. The summed E-state index contributed by atoms with van der Waals surface area (Å²) >= 11 is 0. The average molecular weight is 377 g/mol. The molecule has 0 heterocycles. The summed E-state index contributed by atoms with van der Waals surface area (Å²) in [6.45, 7) is -2.56. The summed E-state index contributed by atoms with van der Waals surface area (Å²) < 4.78 is 39.8. The van der Waals surface area contributed by atoms with Crippen molar-refractivity contribution in [2.45, 2.75) is 13.0 Å². The quantitative estimate of drug-likeness (QED) is 0.678. The number of methoxy groups -OCH3 is 2. The van der Waals surface area contributed by atoms with Gasteiger partial charge in [-0.1, -0.05) is 24.3 Å². The minimum atomic E-state index is -2.99. The van der Waals surface area contributed by atoms with Gasteiger partial charge in [0, 0.05) is 18.2 Å². The van der Waals surface area contributed by atoms with Crippen LogP contribution in [0.1, 0.15) is 11.1 Å². The van der Waals surface area contributed by atoms with E-state index in [0.29, 0.717) is 18.5 Å². The topological polar surface area (TPSA) is 56.8 Å². The summed E-state index contributed by atoms with van der Waals surface area (Å²) in [5.41, 5.74) is 1.38. The number of hydrogen-bond donors (Lipinski definition) is 1. The van der Waals surface area contributed by atoms with Crippen molar-refractivity contribution in [3.8, 4) is 17.2 Å². The molecule has 0 aliphatic heterocycles. The van der Waals surface area contributed by atoms with Crippen LogP contribution in [0, 0.1) is 0 Å². The molecule has 0 aliphatic carbocycles. The molecule has 0 atom stereocenters. The Morgan fingerprint density at radius 3 is 2.48 bits per heavy atom. The first-order valence-corrected chi connectivity index (χ1v) is 8.24. The lowest BCUT2D eigenvalue weighted by molar-refractivity contribution is -0.116. The van der Waals surface area contributed by atoms with E-state index in [4.69, 9.17) is 9.47 Å². The van der Waals surface area contributed by atoms with Gasteiger partial charge in [0.1, 0.15) is 5.75 Å². The molecule has 27 heavy (non-hydrogen) atoms. The minimum absolute atomic E-state index is 0.114. The van der Waals surface area contributed by atoms with E-state index in [-0.39, 0.29) is 17.4 Å². The number of benzene rings is 2. The summed E-state index contributed by atoms with van der Waals surface area (Å²) in [4.78, 5) is 12.0. The number of carbonyl (C=O) groups excluding carboxylic acids is 1. The standard InChI is InChI=1S/C20H21F2NO4/c1-25-16-9-6-14(7-10-16)12-13-23-18(24)11-8-15-4-3-5-17(26-2)19(15)27-20(21)22/h3-11,20H,12-13H2,1-2H3,(H,23,24)/b11-8+. The van der Waals surface area contributed by atoms with Gasteiger partial charge in [-0.25, -0.2) is 0 Å². The average Bonchev–Trinajstić information content (AvgIpc) is 2.67. The number of para-hydroxylation sites is 1. The van der Waals surface area contributed by atoms with Gasteiger partial charge in [-0.15, -0.1) is 0 Å². The van der Waals surface area contributed by atoms with Crippen LogP contribution in [0.3, 0.4) is 0 Å². The van der Waals surface area contributed by atoms with Crippen LogP contribution in [0.25, 0.3) is 6.08 Å². The van der Waals surface area contributed by atoms with Crippen molar-refractivity contribution in [3.05, 3.63) is 59.7 Å². The van der Waals surface area contributed by atoms with Gasteiger partial charge in [-0.3, -0.25) is 4.79 Å². The van der Waals surface area contributed by atoms with Crippen LogP contribution in [0.2, 0.25) is 0 Å². The smallest absolute Gasteiger partial charge is 0.387 e. The Hall–Kier alpha value is -3.09. The van der Waals surface area contributed by atoms with E-state index in [2.05, 4.69) is 10.1 Å². The van der Waals surface area contributed by atoms with E-state index in [0.717, 1.165) is 11.3 Å². The highest BCUT2D eigenvalue weighted by atomic mass is 19.3. The van der Waals surface area contributed by atoms with Crippen molar-refractivity contribution in [3.63, 3.8) is 0 Å². The number of amides is 1. The molecule has 5 nitrogen and oxygen atoms in total. The lowest BCUT2D eigenvalue weighted by Gasteiger charge is -2.12. The van der Waals surface area contributed by atoms with Crippen LogP contribution >= 0.6 is 0 Å². The molecule has 0 radical (unpaired) electrons. The maximum absolute atomic E-state index is 12.6. The fourth-order valence-electron chi connectivity index (χ4n) is 2.39. The Kier molecular flexibility index (Phi) is 7.61. The fourth-order valence-corrected chi connectivity index (χ4v) is 2.39. The second-order valence-corrected chi connectivity index (χ2v) is 5.48. The van der Waals surface area contributed by atoms with Gasteiger partial charge in [0.15, 0.2) is 11.5 Å². The maximum Gasteiger partial charge on any atom is 0.387 e. The molecule has 0 saturated carbocycles. The predicted octanol–water partition coefficient (Wildman–Crippen LogP) is 3.68. The van der Waals surface area contributed by atoms with Crippen LogP contribution in [0.5, 0.6) is 17.2 Å². The molecule has 0 unspecified atom stereocenters. The molecule has 2 rings (SSSR count). The first-order valence-electron chi connectivity index (χ1n) is 8.24. The SMILES string of the molecule is COc1ccc(CCNC(=O)/C=C/c2cccc(OC)c2OC(F)F)cc1. The van der Waals surface area contributed by atoms with Gasteiger partial charge < -0.3 is 19.5 Å². The molecular weight excluding hydrogens is 356 g/mol. The van der Waals surface area contributed by atoms with Crippen molar-refractivity contribution in [1.29, 1.82) is 0 Å². The highest BCUT2D eigenvalue weighted by Crippen LogP contribution is 2.33. The number of nitrogens with one attached hydrogen (secondary N) is 1. The maximum atomic E-state index is 12.6. The number of rotatable bonds is 9. The summed E-state index contributed by atoms with van der Waals surface area (Å²) in [7, 11) is 2.95. The van der Waals surface area contributed by atoms with E-state index in [1.54, 1.807) is 19.2 Å². The Balaban J connectivity index is 1.93. The van der Waals surface area contributed by atoms with Crippen molar-refractivity contribution in [2.24, 2.45) is 0 Å². The molecule has 0 spiro atoms. The van der Waals surface area contributed by atoms with Crippen LogP contribution in [0.4, 0.5) is 8.78 Å².